The maximum absolute atomic E-state index is 11.5. The number of amides is 1. The number of aliphatic hydroxyl groups is 1. The molecule has 1 aliphatic rings. The fourth-order valence-electron chi connectivity index (χ4n) is 2.45. The SMILES string of the molecule is CNC(=O)c1cc(NCC2(O)CCCCC2)ccn1. The van der Waals surface area contributed by atoms with Gasteiger partial charge in [-0.3, -0.25) is 9.78 Å². The zero-order chi connectivity index (χ0) is 13.7. The highest BCUT2D eigenvalue weighted by molar-refractivity contribution is 5.92. The molecule has 1 aliphatic carbocycles. The Labute approximate surface area is 113 Å². The maximum Gasteiger partial charge on any atom is 0.269 e. The van der Waals surface area contributed by atoms with Crippen molar-refractivity contribution in [3.05, 3.63) is 24.0 Å². The van der Waals surface area contributed by atoms with Gasteiger partial charge in [0.2, 0.25) is 0 Å². The predicted molar refractivity (Wildman–Crippen MR) is 74.2 cm³/mol. The summed E-state index contributed by atoms with van der Waals surface area (Å²) >= 11 is 0. The summed E-state index contributed by atoms with van der Waals surface area (Å²) in [5.74, 6) is -0.208. The molecule has 0 spiro atoms. The first-order valence-electron chi connectivity index (χ1n) is 6.77. The van der Waals surface area contributed by atoms with E-state index >= 15 is 0 Å². The summed E-state index contributed by atoms with van der Waals surface area (Å²) in [4.78, 5) is 15.5. The van der Waals surface area contributed by atoms with Gasteiger partial charge >= 0.3 is 0 Å². The quantitative estimate of drug-likeness (QED) is 0.770. The van der Waals surface area contributed by atoms with Gasteiger partial charge in [0.25, 0.3) is 5.91 Å². The molecule has 1 amide bonds. The Balaban J connectivity index is 1.97. The number of nitrogens with zero attached hydrogens (tertiary/aromatic N) is 1. The highest BCUT2D eigenvalue weighted by atomic mass is 16.3. The second-order valence-corrected chi connectivity index (χ2v) is 5.15. The average molecular weight is 263 g/mol. The van der Waals surface area contributed by atoms with Crippen LogP contribution >= 0.6 is 0 Å². The molecule has 104 valence electrons. The van der Waals surface area contributed by atoms with Gasteiger partial charge in [0.1, 0.15) is 5.69 Å². The molecule has 0 unspecified atom stereocenters. The molecule has 19 heavy (non-hydrogen) atoms. The lowest BCUT2D eigenvalue weighted by atomic mass is 9.85. The molecule has 0 atom stereocenters. The van der Waals surface area contributed by atoms with E-state index in [4.69, 9.17) is 0 Å². The highest BCUT2D eigenvalue weighted by Gasteiger charge is 2.28. The molecule has 5 nitrogen and oxygen atoms in total. The van der Waals surface area contributed by atoms with E-state index in [1.54, 1.807) is 25.4 Å². The molecule has 0 radical (unpaired) electrons. The van der Waals surface area contributed by atoms with E-state index in [0.717, 1.165) is 31.4 Å². The van der Waals surface area contributed by atoms with Gasteiger partial charge in [-0.05, 0) is 25.0 Å². The van der Waals surface area contributed by atoms with Crippen molar-refractivity contribution in [2.45, 2.75) is 37.7 Å². The summed E-state index contributed by atoms with van der Waals surface area (Å²) in [6.07, 6.45) is 6.65. The Bertz CT molecular complexity index is 442. The number of aromatic nitrogens is 1. The van der Waals surface area contributed by atoms with Crippen LogP contribution < -0.4 is 10.6 Å². The molecule has 3 N–H and O–H groups in total. The largest absolute Gasteiger partial charge is 0.388 e. The minimum Gasteiger partial charge on any atom is -0.388 e. The average Bonchev–Trinajstić information content (AvgIpc) is 2.45. The van der Waals surface area contributed by atoms with E-state index in [2.05, 4.69) is 15.6 Å². The first kappa shape index (κ1) is 13.8. The molecule has 0 saturated heterocycles. The fourth-order valence-corrected chi connectivity index (χ4v) is 2.45. The van der Waals surface area contributed by atoms with Crippen molar-refractivity contribution in [1.29, 1.82) is 0 Å². The van der Waals surface area contributed by atoms with E-state index in [-0.39, 0.29) is 5.91 Å². The van der Waals surface area contributed by atoms with Gasteiger partial charge in [-0.15, -0.1) is 0 Å². The van der Waals surface area contributed by atoms with Crippen LogP contribution in [-0.4, -0.2) is 35.2 Å². The summed E-state index contributed by atoms with van der Waals surface area (Å²) in [7, 11) is 1.58. The number of hydrogen-bond acceptors (Lipinski definition) is 4. The monoisotopic (exact) mass is 263 g/mol. The zero-order valence-corrected chi connectivity index (χ0v) is 11.3. The Hall–Kier alpha value is -1.62. The van der Waals surface area contributed by atoms with Crippen molar-refractivity contribution in [3.63, 3.8) is 0 Å². The van der Waals surface area contributed by atoms with E-state index in [1.165, 1.54) is 6.42 Å². The van der Waals surface area contributed by atoms with Crippen LogP contribution in [-0.2, 0) is 0 Å². The number of hydrogen-bond donors (Lipinski definition) is 3. The van der Waals surface area contributed by atoms with Crippen molar-refractivity contribution in [2.75, 3.05) is 18.9 Å². The highest BCUT2D eigenvalue weighted by Crippen LogP contribution is 2.28. The maximum atomic E-state index is 11.5. The molecule has 1 heterocycles. The lowest BCUT2D eigenvalue weighted by Crippen LogP contribution is -2.38. The normalized spacial score (nSPS) is 17.8. The number of rotatable bonds is 4. The Morgan fingerprint density at radius 2 is 2.16 bits per heavy atom. The predicted octanol–water partition coefficient (Wildman–Crippen LogP) is 1.55. The topological polar surface area (TPSA) is 74.2 Å². The van der Waals surface area contributed by atoms with Crippen LogP contribution in [0.5, 0.6) is 0 Å². The zero-order valence-electron chi connectivity index (χ0n) is 11.3. The molecule has 1 saturated carbocycles. The summed E-state index contributed by atoms with van der Waals surface area (Å²) in [6.45, 7) is 0.518. The molecule has 1 fully saturated rings. The minimum atomic E-state index is -0.616. The second-order valence-electron chi connectivity index (χ2n) is 5.15. The molecule has 0 bridgehead atoms. The molecule has 0 aliphatic heterocycles. The molecule has 1 aromatic rings. The van der Waals surface area contributed by atoms with Gasteiger partial charge in [0.05, 0.1) is 5.60 Å². The van der Waals surface area contributed by atoms with Gasteiger partial charge in [-0.1, -0.05) is 19.3 Å². The summed E-state index contributed by atoms with van der Waals surface area (Å²) in [6, 6.07) is 3.50. The second kappa shape index (κ2) is 6.02. The first-order chi connectivity index (χ1) is 9.13. The fraction of sp³-hybridized carbons (Fsp3) is 0.571. The van der Waals surface area contributed by atoms with Crippen LogP contribution in [0.3, 0.4) is 0 Å². The van der Waals surface area contributed by atoms with Gasteiger partial charge in [-0.2, -0.15) is 0 Å². The van der Waals surface area contributed by atoms with Crippen molar-refractivity contribution in [1.82, 2.24) is 10.3 Å². The Morgan fingerprint density at radius 1 is 1.42 bits per heavy atom. The van der Waals surface area contributed by atoms with E-state index < -0.39 is 5.60 Å². The van der Waals surface area contributed by atoms with Crippen molar-refractivity contribution >= 4 is 11.6 Å². The van der Waals surface area contributed by atoms with Gasteiger partial charge < -0.3 is 15.7 Å². The summed E-state index contributed by atoms with van der Waals surface area (Å²) < 4.78 is 0. The van der Waals surface area contributed by atoms with Crippen molar-refractivity contribution < 1.29 is 9.90 Å². The Kier molecular flexibility index (Phi) is 4.37. The van der Waals surface area contributed by atoms with Crippen LogP contribution in [0.4, 0.5) is 5.69 Å². The lowest BCUT2D eigenvalue weighted by molar-refractivity contribution is 0.0167. The standard InChI is InChI=1S/C14H21N3O2/c1-15-13(18)12-9-11(5-8-16-12)17-10-14(19)6-3-2-4-7-14/h5,8-9,19H,2-4,6-7,10H2,1H3,(H,15,18)(H,16,17). The lowest BCUT2D eigenvalue weighted by Gasteiger charge is -2.32. The van der Waals surface area contributed by atoms with E-state index in [1.807, 2.05) is 0 Å². The molecular formula is C14H21N3O2. The van der Waals surface area contributed by atoms with Crippen molar-refractivity contribution in [3.8, 4) is 0 Å². The van der Waals surface area contributed by atoms with Crippen LogP contribution in [0, 0.1) is 0 Å². The van der Waals surface area contributed by atoms with Crippen LogP contribution in [0.15, 0.2) is 18.3 Å². The van der Waals surface area contributed by atoms with Gasteiger partial charge in [0, 0.05) is 25.5 Å². The number of nitrogens with one attached hydrogen (secondary N) is 2. The summed E-state index contributed by atoms with van der Waals surface area (Å²) in [5, 5.41) is 16.1. The van der Waals surface area contributed by atoms with Crippen LogP contribution in [0.25, 0.3) is 0 Å². The minimum absolute atomic E-state index is 0.208. The number of carbonyl (C=O) groups excluding carboxylic acids is 1. The molecule has 0 aromatic carbocycles. The number of carbonyl (C=O) groups is 1. The van der Waals surface area contributed by atoms with E-state index in [9.17, 15) is 9.90 Å². The first-order valence-corrected chi connectivity index (χ1v) is 6.77. The molecule has 5 heteroatoms. The van der Waals surface area contributed by atoms with Gasteiger partial charge in [0.15, 0.2) is 0 Å². The molecule has 2 rings (SSSR count). The molecule has 1 aromatic heterocycles. The van der Waals surface area contributed by atoms with Gasteiger partial charge in [-0.25, -0.2) is 0 Å². The van der Waals surface area contributed by atoms with Crippen LogP contribution in [0.1, 0.15) is 42.6 Å². The smallest absolute Gasteiger partial charge is 0.269 e. The number of pyridine rings is 1. The third kappa shape index (κ3) is 3.67. The summed E-state index contributed by atoms with van der Waals surface area (Å²) in [5.41, 5.74) is 0.574. The number of anilines is 1. The third-order valence-electron chi connectivity index (χ3n) is 3.63. The van der Waals surface area contributed by atoms with E-state index in [0.29, 0.717) is 12.2 Å². The third-order valence-corrected chi connectivity index (χ3v) is 3.63. The van der Waals surface area contributed by atoms with Crippen LogP contribution in [0.2, 0.25) is 0 Å². The Morgan fingerprint density at radius 3 is 2.84 bits per heavy atom. The van der Waals surface area contributed by atoms with Crippen molar-refractivity contribution in [2.24, 2.45) is 0 Å². The molecular weight excluding hydrogens is 242 g/mol.